The zero-order valence-corrected chi connectivity index (χ0v) is 10.1. The second-order valence-electron chi connectivity index (χ2n) is 4.70. The van der Waals surface area contributed by atoms with Crippen molar-refractivity contribution < 1.29 is 22.7 Å². The lowest BCUT2D eigenvalue weighted by Crippen LogP contribution is -2.42. The van der Waals surface area contributed by atoms with Crippen molar-refractivity contribution in [3.05, 3.63) is 0 Å². The van der Waals surface area contributed by atoms with Crippen LogP contribution >= 0.6 is 0 Å². The van der Waals surface area contributed by atoms with Gasteiger partial charge in [0.25, 0.3) is 0 Å². The molecule has 1 fully saturated rings. The predicted octanol–water partition coefficient (Wildman–Crippen LogP) is 3.49. The monoisotopic (exact) mass is 252 g/mol. The second kappa shape index (κ2) is 5.85. The highest BCUT2D eigenvalue weighted by atomic mass is 19.4. The fraction of sp³-hybridized carbons (Fsp3) is 0.917. The number of hydrogen-bond donors (Lipinski definition) is 0. The van der Waals surface area contributed by atoms with Gasteiger partial charge in [0.05, 0.1) is 5.92 Å². The van der Waals surface area contributed by atoms with E-state index >= 15 is 0 Å². The zero-order chi connectivity index (χ0) is 12.9. The third-order valence-corrected chi connectivity index (χ3v) is 3.40. The van der Waals surface area contributed by atoms with Gasteiger partial charge < -0.3 is 9.53 Å². The summed E-state index contributed by atoms with van der Waals surface area (Å²) in [6, 6.07) is 0. The largest absolute Gasteiger partial charge is 0.391 e. The van der Waals surface area contributed by atoms with E-state index in [4.69, 9.17) is 4.74 Å². The van der Waals surface area contributed by atoms with Crippen molar-refractivity contribution in [2.45, 2.75) is 57.2 Å². The van der Waals surface area contributed by atoms with Crippen LogP contribution in [0.4, 0.5) is 13.2 Å². The standard InChI is InChI=1S/C12H19F3O2/c1-2-3-8-17-11(9-16)6-4-10(5-7-11)12(13,14)15/h9-10H,2-8H2,1H3. The Balaban J connectivity index is 2.48. The number of unbranched alkanes of at least 4 members (excludes halogenated alkanes) is 1. The molecular formula is C12H19F3O2. The Labute approximate surface area is 99.5 Å². The summed E-state index contributed by atoms with van der Waals surface area (Å²) in [7, 11) is 0. The molecule has 5 heteroatoms. The molecule has 0 aliphatic heterocycles. The molecule has 17 heavy (non-hydrogen) atoms. The number of carbonyl (C=O) groups is 1. The first kappa shape index (κ1) is 14.5. The molecule has 0 saturated heterocycles. The lowest BCUT2D eigenvalue weighted by atomic mass is 9.79. The van der Waals surface area contributed by atoms with Crippen LogP contribution in [-0.2, 0) is 9.53 Å². The van der Waals surface area contributed by atoms with Crippen molar-refractivity contribution in [1.82, 2.24) is 0 Å². The molecule has 1 rings (SSSR count). The Morgan fingerprint density at radius 2 is 1.94 bits per heavy atom. The summed E-state index contributed by atoms with van der Waals surface area (Å²) in [5.74, 6) is -1.27. The Hall–Kier alpha value is -0.580. The topological polar surface area (TPSA) is 26.3 Å². The van der Waals surface area contributed by atoms with E-state index < -0.39 is 17.7 Å². The highest BCUT2D eigenvalue weighted by Gasteiger charge is 2.46. The molecule has 0 aromatic rings. The fourth-order valence-electron chi connectivity index (χ4n) is 2.15. The molecule has 1 aliphatic rings. The van der Waals surface area contributed by atoms with E-state index in [0.29, 0.717) is 12.9 Å². The summed E-state index contributed by atoms with van der Waals surface area (Å²) >= 11 is 0. The smallest absolute Gasteiger partial charge is 0.368 e. The summed E-state index contributed by atoms with van der Waals surface area (Å²) in [5.41, 5.74) is -0.961. The van der Waals surface area contributed by atoms with E-state index in [9.17, 15) is 18.0 Å². The van der Waals surface area contributed by atoms with Crippen molar-refractivity contribution in [1.29, 1.82) is 0 Å². The first-order valence-electron chi connectivity index (χ1n) is 6.10. The number of halogens is 3. The Morgan fingerprint density at radius 1 is 1.35 bits per heavy atom. The summed E-state index contributed by atoms with van der Waals surface area (Å²) in [6.07, 6.45) is -1.32. The second-order valence-corrected chi connectivity index (χ2v) is 4.70. The molecule has 0 bridgehead atoms. The number of alkyl halides is 3. The van der Waals surface area contributed by atoms with Gasteiger partial charge in [0.1, 0.15) is 5.60 Å². The Bertz CT molecular complexity index is 243. The highest BCUT2D eigenvalue weighted by molar-refractivity contribution is 5.62. The van der Waals surface area contributed by atoms with Gasteiger partial charge in [-0.2, -0.15) is 13.2 Å². The number of hydrogen-bond acceptors (Lipinski definition) is 2. The van der Waals surface area contributed by atoms with Crippen molar-refractivity contribution in [2.24, 2.45) is 5.92 Å². The summed E-state index contributed by atoms with van der Waals surface area (Å²) in [5, 5.41) is 0. The SMILES string of the molecule is CCCCOC1(C=O)CCC(C(F)(F)F)CC1. The van der Waals surface area contributed by atoms with Crippen LogP contribution in [0.1, 0.15) is 45.4 Å². The van der Waals surface area contributed by atoms with Crippen LogP contribution in [0.15, 0.2) is 0 Å². The molecule has 0 aromatic heterocycles. The van der Waals surface area contributed by atoms with Crippen LogP contribution in [0.2, 0.25) is 0 Å². The molecule has 1 aliphatic carbocycles. The molecule has 0 amide bonds. The van der Waals surface area contributed by atoms with Gasteiger partial charge in [0, 0.05) is 6.61 Å². The number of ether oxygens (including phenoxy) is 1. The van der Waals surface area contributed by atoms with Crippen LogP contribution in [0.5, 0.6) is 0 Å². The van der Waals surface area contributed by atoms with E-state index in [1.54, 1.807) is 0 Å². The van der Waals surface area contributed by atoms with E-state index in [1.165, 1.54) is 0 Å². The van der Waals surface area contributed by atoms with E-state index in [-0.39, 0.29) is 25.7 Å². The quantitative estimate of drug-likeness (QED) is 0.553. The van der Waals surface area contributed by atoms with Crippen molar-refractivity contribution in [2.75, 3.05) is 6.61 Å². The highest BCUT2D eigenvalue weighted by Crippen LogP contribution is 2.41. The van der Waals surface area contributed by atoms with Crippen LogP contribution in [0.25, 0.3) is 0 Å². The molecule has 0 N–H and O–H groups in total. The van der Waals surface area contributed by atoms with Crippen LogP contribution in [0.3, 0.4) is 0 Å². The van der Waals surface area contributed by atoms with Gasteiger partial charge in [-0.15, -0.1) is 0 Å². The molecular weight excluding hydrogens is 233 g/mol. The van der Waals surface area contributed by atoms with Gasteiger partial charge in [0.2, 0.25) is 0 Å². The molecule has 2 nitrogen and oxygen atoms in total. The van der Waals surface area contributed by atoms with Crippen molar-refractivity contribution in [3.8, 4) is 0 Å². The maximum atomic E-state index is 12.5. The third-order valence-electron chi connectivity index (χ3n) is 3.40. The van der Waals surface area contributed by atoms with Crippen LogP contribution < -0.4 is 0 Å². The molecule has 1 saturated carbocycles. The normalized spacial score (nSPS) is 30.2. The molecule has 0 aromatic carbocycles. The minimum absolute atomic E-state index is 0.00559. The van der Waals surface area contributed by atoms with Crippen molar-refractivity contribution in [3.63, 3.8) is 0 Å². The van der Waals surface area contributed by atoms with Gasteiger partial charge in [0.15, 0.2) is 6.29 Å². The first-order valence-corrected chi connectivity index (χ1v) is 6.10. The summed E-state index contributed by atoms with van der Waals surface area (Å²) in [6.45, 7) is 2.45. The minimum Gasteiger partial charge on any atom is -0.368 e. The van der Waals surface area contributed by atoms with E-state index in [1.807, 2.05) is 6.92 Å². The maximum Gasteiger partial charge on any atom is 0.391 e. The first-order chi connectivity index (χ1) is 7.93. The fourth-order valence-corrected chi connectivity index (χ4v) is 2.15. The molecule has 0 atom stereocenters. The minimum atomic E-state index is -4.14. The van der Waals surface area contributed by atoms with Crippen LogP contribution in [-0.4, -0.2) is 24.7 Å². The molecule has 0 spiro atoms. The van der Waals surface area contributed by atoms with E-state index in [2.05, 4.69) is 0 Å². The van der Waals surface area contributed by atoms with Gasteiger partial charge in [-0.1, -0.05) is 13.3 Å². The van der Waals surface area contributed by atoms with Gasteiger partial charge in [-0.05, 0) is 32.1 Å². The number of rotatable bonds is 5. The van der Waals surface area contributed by atoms with Crippen LogP contribution in [0, 0.1) is 5.92 Å². The summed E-state index contributed by atoms with van der Waals surface area (Å²) in [4.78, 5) is 11.0. The predicted molar refractivity (Wildman–Crippen MR) is 57.7 cm³/mol. The molecule has 0 radical (unpaired) electrons. The zero-order valence-electron chi connectivity index (χ0n) is 10.1. The van der Waals surface area contributed by atoms with Gasteiger partial charge in [-0.25, -0.2) is 0 Å². The molecule has 0 unspecified atom stereocenters. The van der Waals surface area contributed by atoms with Gasteiger partial charge in [-0.3, -0.25) is 0 Å². The molecule has 100 valence electrons. The maximum absolute atomic E-state index is 12.5. The lowest BCUT2D eigenvalue weighted by molar-refractivity contribution is -0.195. The third kappa shape index (κ3) is 3.98. The average Bonchev–Trinajstić information content (AvgIpc) is 2.29. The van der Waals surface area contributed by atoms with E-state index in [0.717, 1.165) is 12.8 Å². The van der Waals surface area contributed by atoms with Gasteiger partial charge >= 0.3 is 6.18 Å². The lowest BCUT2D eigenvalue weighted by Gasteiger charge is -2.36. The van der Waals surface area contributed by atoms with Crippen molar-refractivity contribution >= 4 is 6.29 Å². The number of aldehydes is 1. The average molecular weight is 252 g/mol. The molecule has 0 heterocycles. The Kier molecular flexibility index (Phi) is 4.98. The Morgan fingerprint density at radius 3 is 2.35 bits per heavy atom. The summed E-state index contributed by atoms with van der Waals surface area (Å²) < 4.78 is 42.9. The number of carbonyl (C=O) groups excluding carboxylic acids is 1.